The molecule has 0 fully saturated rings. The monoisotopic (exact) mass is 420 g/mol. The molecule has 0 spiro atoms. The maximum atomic E-state index is 12.8. The van der Waals surface area contributed by atoms with Crippen molar-refractivity contribution in [2.75, 3.05) is 33.8 Å². The molecule has 0 aliphatic rings. The lowest BCUT2D eigenvalue weighted by Crippen LogP contribution is -2.01. The number of ether oxygens (including phenoxy) is 4. The van der Waals surface area contributed by atoms with Gasteiger partial charge in [-0.1, -0.05) is 0 Å². The average Bonchev–Trinajstić information content (AvgIpc) is 2.82. The molecule has 1 N–H and O–H groups in total. The predicted octanol–water partition coefficient (Wildman–Crippen LogP) is 4.76. The molecule has 0 atom stereocenters. The Morgan fingerprint density at radius 3 is 2.16 bits per heavy atom. The van der Waals surface area contributed by atoms with Gasteiger partial charge in [-0.25, -0.2) is 4.98 Å². The number of carbonyl (C=O) groups excluding carboxylic acids is 1. The van der Waals surface area contributed by atoms with Gasteiger partial charge in [0.2, 0.25) is 5.75 Å². The topological polar surface area (TPSA) is 78.9 Å². The largest absolute Gasteiger partial charge is 0.497 e. The first-order valence-electron chi connectivity index (χ1n) is 9.48. The summed E-state index contributed by atoms with van der Waals surface area (Å²) in [6.45, 7) is 0. The zero-order chi connectivity index (χ0) is 22.2. The second kappa shape index (κ2) is 10.2. The highest BCUT2D eigenvalue weighted by Gasteiger charge is 2.16. The number of hydrogen-bond acceptors (Lipinski definition) is 7. The molecule has 0 aliphatic carbocycles. The first-order valence-corrected chi connectivity index (χ1v) is 9.48. The van der Waals surface area contributed by atoms with Gasteiger partial charge in [-0.2, -0.15) is 0 Å². The molecule has 2 aromatic carbocycles. The van der Waals surface area contributed by atoms with Crippen LogP contribution in [0.3, 0.4) is 0 Å². The van der Waals surface area contributed by atoms with Crippen molar-refractivity contribution < 1.29 is 23.7 Å². The molecule has 0 amide bonds. The van der Waals surface area contributed by atoms with E-state index in [-0.39, 0.29) is 5.78 Å². The Labute approximate surface area is 181 Å². The lowest BCUT2D eigenvalue weighted by Gasteiger charge is -2.13. The van der Waals surface area contributed by atoms with Gasteiger partial charge < -0.3 is 24.3 Å². The fourth-order valence-electron chi connectivity index (χ4n) is 2.95. The van der Waals surface area contributed by atoms with Crippen LogP contribution >= 0.6 is 0 Å². The van der Waals surface area contributed by atoms with Gasteiger partial charge in [-0.05, 0) is 60.7 Å². The third-order valence-electron chi connectivity index (χ3n) is 4.56. The predicted molar refractivity (Wildman–Crippen MR) is 120 cm³/mol. The summed E-state index contributed by atoms with van der Waals surface area (Å²) in [6, 6.07) is 14.4. The van der Waals surface area contributed by atoms with E-state index in [4.69, 9.17) is 18.9 Å². The molecule has 31 heavy (non-hydrogen) atoms. The van der Waals surface area contributed by atoms with Gasteiger partial charge in [0.15, 0.2) is 17.3 Å². The van der Waals surface area contributed by atoms with Crippen LogP contribution in [-0.4, -0.2) is 39.2 Å². The SMILES string of the molecule is COc1ccc(Nc2ncccc2/C=C/C(=O)c2cc(OC)c(OC)c(OC)c2)cc1. The normalized spacial score (nSPS) is 10.6. The van der Waals surface area contributed by atoms with Crippen molar-refractivity contribution in [3.8, 4) is 23.0 Å². The molecular formula is C24H24N2O5. The molecule has 0 unspecified atom stereocenters. The summed E-state index contributed by atoms with van der Waals surface area (Å²) in [6.07, 6.45) is 4.88. The third kappa shape index (κ3) is 5.14. The molecule has 7 heteroatoms. The van der Waals surface area contributed by atoms with Crippen molar-refractivity contribution in [2.24, 2.45) is 0 Å². The van der Waals surface area contributed by atoms with Crippen LogP contribution in [0.2, 0.25) is 0 Å². The number of anilines is 2. The van der Waals surface area contributed by atoms with E-state index < -0.39 is 0 Å². The Hall–Kier alpha value is -4.00. The summed E-state index contributed by atoms with van der Waals surface area (Å²) in [7, 11) is 6.15. The molecule has 0 saturated heterocycles. The Balaban J connectivity index is 1.84. The van der Waals surface area contributed by atoms with Crippen LogP contribution < -0.4 is 24.3 Å². The van der Waals surface area contributed by atoms with Gasteiger partial charge in [0.05, 0.1) is 28.4 Å². The van der Waals surface area contributed by atoms with Gasteiger partial charge in [0, 0.05) is 23.0 Å². The molecule has 0 aliphatic heterocycles. The van der Waals surface area contributed by atoms with Crippen molar-refractivity contribution in [2.45, 2.75) is 0 Å². The van der Waals surface area contributed by atoms with E-state index in [9.17, 15) is 4.79 Å². The minimum absolute atomic E-state index is 0.210. The van der Waals surface area contributed by atoms with E-state index in [0.717, 1.165) is 17.0 Å². The number of hydrogen-bond donors (Lipinski definition) is 1. The van der Waals surface area contributed by atoms with Crippen LogP contribution in [0, 0.1) is 0 Å². The summed E-state index contributed by atoms with van der Waals surface area (Å²) >= 11 is 0. The number of benzene rings is 2. The van der Waals surface area contributed by atoms with Crippen molar-refractivity contribution in [1.82, 2.24) is 4.98 Å². The highest BCUT2D eigenvalue weighted by Crippen LogP contribution is 2.38. The molecule has 1 heterocycles. The Kier molecular flexibility index (Phi) is 7.11. The molecule has 3 aromatic rings. The number of aromatic nitrogens is 1. The molecule has 0 radical (unpaired) electrons. The molecule has 0 saturated carbocycles. The third-order valence-corrected chi connectivity index (χ3v) is 4.56. The molecule has 3 rings (SSSR count). The van der Waals surface area contributed by atoms with Crippen LogP contribution in [0.25, 0.3) is 6.08 Å². The molecule has 160 valence electrons. The van der Waals surface area contributed by atoms with E-state index in [1.807, 2.05) is 36.4 Å². The fraction of sp³-hybridized carbons (Fsp3) is 0.167. The maximum absolute atomic E-state index is 12.8. The van der Waals surface area contributed by atoms with Gasteiger partial charge in [0.1, 0.15) is 11.6 Å². The molecule has 7 nitrogen and oxygen atoms in total. The zero-order valence-electron chi connectivity index (χ0n) is 17.8. The standard InChI is InChI=1S/C24H24N2O5/c1-28-19-10-8-18(9-11-19)26-24-16(6-5-13-25-24)7-12-20(27)17-14-21(29-2)23(31-4)22(15-17)30-3/h5-15H,1-4H3,(H,25,26)/b12-7+. The van der Waals surface area contributed by atoms with Gasteiger partial charge in [0.25, 0.3) is 0 Å². The number of methoxy groups -OCH3 is 4. The molecule has 1 aromatic heterocycles. The molecule has 0 bridgehead atoms. The zero-order valence-corrected chi connectivity index (χ0v) is 17.8. The fourth-order valence-corrected chi connectivity index (χ4v) is 2.95. The van der Waals surface area contributed by atoms with E-state index >= 15 is 0 Å². The quantitative estimate of drug-likeness (QED) is 0.395. The number of nitrogens with zero attached hydrogens (tertiary/aromatic N) is 1. The number of pyridine rings is 1. The van der Waals surface area contributed by atoms with E-state index in [1.54, 1.807) is 31.5 Å². The smallest absolute Gasteiger partial charge is 0.203 e. The van der Waals surface area contributed by atoms with Crippen LogP contribution in [-0.2, 0) is 0 Å². The van der Waals surface area contributed by atoms with Crippen molar-refractivity contribution >= 4 is 23.4 Å². The van der Waals surface area contributed by atoms with Gasteiger partial charge >= 0.3 is 0 Å². The van der Waals surface area contributed by atoms with E-state index in [2.05, 4.69) is 10.3 Å². The average molecular weight is 420 g/mol. The highest BCUT2D eigenvalue weighted by atomic mass is 16.5. The number of nitrogens with one attached hydrogen (secondary N) is 1. The summed E-state index contributed by atoms with van der Waals surface area (Å²) in [4.78, 5) is 17.2. The summed E-state index contributed by atoms with van der Waals surface area (Å²) in [5.41, 5.74) is 2.03. The van der Waals surface area contributed by atoms with E-state index in [0.29, 0.717) is 28.6 Å². The van der Waals surface area contributed by atoms with Gasteiger partial charge in [-0.3, -0.25) is 4.79 Å². The minimum atomic E-state index is -0.210. The Morgan fingerprint density at radius 2 is 1.58 bits per heavy atom. The van der Waals surface area contributed by atoms with Crippen molar-refractivity contribution in [1.29, 1.82) is 0 Å². The van der Waals surface area contributed by atoms with Crippen LogP contribution in [0.15, 0.2) is 60.8 Å². The Morgan fingerprint density at radius 1 is 0.903 bits per heavy atom. The highest BCUT2D eigenvalue weighted by molar-refractivity contribution is 6.07. The first kappa shape index (κ1) is 21.7. The number of rotatable bonds is 9. The van der Waals surface area contributed by atoms with Crippen molar-refractivity contribution in [3.05, 3.63) is 71.9 Å². The van der Waals surface area contributed by atoms with Crippen molar-refractivity contribution in [3.63, 3.8) is 0 Å². The van der Waals surface area contributed by atoms with Gasteiger partial charge in [-0.15, -0.1) is 0 Å². The van der Waals surface area contributed by atoms with Crippen LogP contribution in [0.4, 0.5) is 11.5 Å². The lowest BCUT2D eigenvalue weighted by atomic mass is 10.1. The number of ketones is 1. The molecular weight excluding hydrogens is 396 g/mol. The lowest BCUT2D eigenvalue weighted by molar-refractivity contribution is 0.104. The number of carbonyl (C=O) groups is 1. The maximum Gasteiger partial charge on any atom is 0.203 e. The second-order valence-corrected chi connectivity index (χ2v) is 6.41. The van der Waals surface area contributed by atoms with Crippen LogP contribution in [0.1, 0.15) is 15.9 Å². The summed E-state index contributed by atoms with van der Waals surface area (Å²) in [5.74, 6) is 2.45. The first-order chi connectivity index (χ1) is 15.1. The number of allylic oxidation sites excluding steroid dienone is 1. The van der Waals surface area contributed by atoms with Crippen LogP contribution in [0.5, 0.6) is 23.0 Å². The Bertz CT molecular complexity index is 1050. The summed E-state index contributed by atoms with van der Waals surface area (Å²) < 4.78 is 21.1. The minimum Gasteiger partial charge on any atom is -0.497 e. The van der Waals surface area contributed by atoms with E-state index in [1.165, 1.54) is 27.4 Å². The summed E-state index contributed by atoms with van der Waals surface area (Å²) in [5, 5.41) is 3.25. The second-order valence-electron chi connectivity index (χ2n) is 6.41.